The van der Waals surface area contributed by atoms with E-state index in [1.165, 1.54) is 7.11 Å². The first kappa shape index (κ1) is 15.5. The first-order valence-corrected chi connectivity index (χ1v) is 7.74. The zero-order valence-corrected chi connectivity index (χ0v) is 13.0. The van der Waals surface area contributed by atoms with Crippen LogP contribution in [0.15, 0.2) is 30.3 Å². The van der Waals surface area contributed by atoms with Gasteiger partial charge in [0, 0.05) is 6.54 Å². The highest BCUT2D eigenvalue weighted by Gasteiger charge is 2.54. The molecule has 1 spiro atoms. The van der Waals surface area contributed by atoms with Gasteiger partial charge < -0.3 is 19.7 Å². The Morgan fingerprint density at radius 2 is 2.04 bits per heavy atom. The molecule has 1 N–H and O–H groups in total. The van der Waals surface area contributed by atoms with Gasteiger partial charge in [0.05, 0.1) is 13.2 Å². The third kappa shape index (κ3) is 3.06. The summed E-state index contributed by atoms with van der Waals surface area (Å²) in [7, 11) is 1.26. The number of carbonyl (C=O) groups is 3. The second kappa shape index (κ2) is 6.02. The topological polar surface area (TPSA) is 75.7 Å². The number of methoxy groups -OCH3 is 1. The molecule has 2 atom stereocenters. The van der Waals surface area contributed by atoms with Gasteiger partial charge in [0.15, 0.2) is 0 Å². The standard InChI is InChI=1S/C17H20N2O4/c1-23-16(22)18-14(12-5-3-2-4-6-12)15(21)19-11-17(7-8-17)9-13(19)10-20/h2-6,10,13-14H,7-9,11H2,1H3,(H,18,22)/t13-,14-/m0/s1. The molecule has 0 aromatic heterocycles. The lowest BCUT2D eigenvalue weighted by Gasteiger charge is -2.27. The Balaban J connectivity index is 1.85. The van der Waals surface area contributed by atoms with E-state index in [2.05, 4.69) is 10.1 Å². The molecule has 6 heteroatoms. The molecule has 1 saturated carbocycles. The van der Waals surface area contributed by atoms with Crippen molar-refractivity contribution >= 4 is 18.3 Å². The molecule has 1 aliphatic heterocycles. The third-order valence-corrected chi connectivity index (χ3v) is 4.77. The van der Waals surface area contributed by atoms with Gasteiger partial charge in [-0.1, -0.05) is 30.3 Å². The molecule has 2 aliphatic rings. The van der Waals surface area contributed by atoms with Crippen LogP contribution < -0.4 is 5.32 Å². The predicted octanol–water partition coefficient (Wildman–Crippen LogP) is 1.66. The highest BCUT2D eigenvalue weighted by atomic mass is 16.5. The zero-order valence-electron chi connectivity index (χ0n) is 13.0. The quantitative estimate of drug-likeness (QED) is 0.857. The maximum atomic E-state index is 13.0. The molecule has 6 nitrogen and oxygen atoms in total. The summed E-state index contributed by atoms with van der Waals surface area (Å²) in [5.41, 5.74) is 0.789. The van der Waals surface area contributed by atoms with Crippen molar-refractivity contribution in [3.05, 3.63) is 35.9 Å². The summed E-state index contributed by atoms with van der Waals surface area (Å²) in [6.07, 6.45) is 3.01. The van der Waals surface area contributed by atoms with Crippen molar-refractivity contribution in [2.75, 3.05) is 13.7 Å². The number of rotatable bonds is 4. The Bertz CT molecular complexity index is 612. The highest BCUT2D eigenvalue weighted by molar-refractivity contribution is 5.89. The van der Waals surface area contributed by atoms with Gasteiger partial charge in [0.1, 0.15) is 12.3 Å². The number of aldehydes is 1. The van der Waals surface area contributed by atoms with Gasteiger partial charge in [-0.25, -0.2) is 4.79 Å². The first-order chi connectivity index (χ1) is 11.1. The molecule has 1 heterocycles. The van der Waals surface area contributed by atoms with E-state index in [4.69, 9.17) is 0 Å². The minimum Gasteiger partial charge on any atom is -0.453 e. The van der Waals surface area contributed by atoms with Crippen LogP contribution in [0, 0.1) is 5.41 Å². The number of hydrogen-bond acceptors (Lipinski definition) is 4. The van der Waals surface area contributed by atoms with Gasteiger partial charge in [-0.2, -0.15) is 0 Å². The molecule has 1 aliphatic carbocycles. The van der Waals surface area contributed by atoms with Crippen LogP contribution in [0.3, 0.4) is 0 Å². The summed E-state index contributed by atoms with van der Waals surface area (Å²) in [5.74, 6) is -0.262. The number of nitrogens with one attached hydrogen (secondary N) is 1. The van der Waals surface area contributed by atoms with Crippen LogP contribution in [0.4, 0.5) is 4.79 Å². The fraction of sp³-hybridized carbons (Fsp3) is 0.471. The fourth-order valence-electron chi connectivity index (χ4n) is 3.27. The Labute approximate surface area is 134 Å². The van der Waals surface area contributed by atoms with Crippen molar-refractivity contribution < 1.29 is 19.1 Å². The number of benzene rings is 1. The largest absolute Gasteiger partial charge is 0.453 e. The summed E-state index contributed by atoms with van der Waals surface area (Å²) >= 11 is 0. The van der Waals surface area contributed by atoms with Crippen molar-refractivity contribution in [3.8, 4) is 0 Å². The SMILES string of the molecule is COC(=O)N[C@H](C(=O)N1CC2(CC2)C[C@H]1C=O)c1ccccc1. The van der Waals surface area contributed by atoms with Crippen molar-refractivity contribution in [2.24, 2.45) is 5.41 Å². The van der Waals surface area contributed by atoms with Gasteiger partial charge >= 0.3 is 6.09 Å². The number of hydrogen-bond donors (Lipinski definition) is 1. The molecule has 0 radical (unpaired) electrons. The average molecular weight is 316 g/mol. The Morgan fingerprint density at radius 1 is 1.35 bits per heavy atom. The summed E-state index contributed by atoms with van der Waals surface area (Å²) in [4.78, 5) is 37.6. The van der Waals surface area contributed by atoms with Gasteiger partial charge in [0.25, 0.3) is 5.91 Å². The van der Waals surface area contributed by atoms with Crippen LogP contribution in [-0.2, 0) is 14.3 Å². The van der Waals surface area contributed by atoms with Gasteiger partial charge in [0.2, 0.25) is 0 Å². The minimum atomic E-state index is -0.847. The lowest BCUT2D eigenvalue weighted by molar-refractivity contribution is -0.136. The number of alkyl carbamates (subject to hydrolysis) is 1. The fourth-order valence-corrected chi connectivity index (χ4v) is 3.27. The van der Waals surface area contributed by atoms with E-state index in [1.807, 2.05) is 6.07 Å². The minimum absolute atomic E-state index is 0.119. The Hall–Kier alpha value is -2.37. The van der Waals surface area contributed by atoms with Crippen molar-refractivity contribution in [2.45, 2.75) is 31.3 Å². The smallest absolute Gasteiger partial charge is 0.407 e. The van der Waals surface area contributed by atoms with Crippen LogP contribution in [0.2, 0.25) is 0 Å². The predicted molar refractivity (Wildman–Crippen MR) is 82.6 cm³/mol. The number of nitrogens with zero attached hydrogens (tertiary/aromatic N) is 1. The van der Waals surface area contributed by atoms with Crippen LogP contribution in [0.25, 0.3) is 0 Å². The average Bonchev–Trinajstić information content (AvgIpc) is 3.23. The molecule has 0 unspecified atom stereocenters. The maximum absolute atomic E-state index is 13.0. The molecule has 1 saturated heterocycles. The molecular formula is C17H20N2O4. The van der Waals surface area contributed by atoms with Gasteiger partial charge in [-0.05, 0) is 30.2 Å². The monoisotopic (exact) mass is 316 g/mol. The number of ether oxygens (including phenoxy) is 1. The number of amides is 2. The van der Waals surface area contributed by atoms with Crippen LogP contribution in [0.1, 0.15) is 30.9 Å². The molecule has 0 bridgehead atoms. The molecule has 1 aromatic rings. The Morgan fingerprint density at radius 3 is 2.61 bits per heavy atom. The maximum Gasteiger partial charge on any atom is 0.407 e. The molecule has 122 valence electrons. The second-order valence-corrected chi connectivity index (χ2v) is 6.35. The summed E-state index contributed by atoms with van der Waals surface area (Å²) in [6.45, 7) is 0.585. The van der Waals surface area contributed by atoms with E-state index >= 15 is 0 Å². The lowest BCUT2D eigenvalue weighted by atomic mass is 10.0. The van der Waals surface area contributed by atoms with Crippen LogP contribution >= 0.6 is 0 Å². The molecule has 3 rings (SSSR count). The molecule has 23 heavy (non-hydrogen) atoms. The van der Waals surface area contributed by atoms with Gasteiger partial charge in [-0.3, -0.25) is 4.79 Å². The number of carbonyl (C=O) groups excluding carboxylic acids is 3. The Kier molecular flexibility index (Phi) is 4.07. The van der Waals surface area contributed by atoms with Gasteiger partial charge in [-0.15, -0.1) is 0 Å². The zero-order chi connectivity index (χ0) is 16.4. The van der Waals surface area contributed by atoms with Crippen LogP contribution in [0.5, 0.6) is 0 Å². The molecular weight excluding hydrogens is 296 g/mol. The van der Waals surface area contributed by atoms with Crippen molar-refractivity contribution in [1.82, 2.24) is 10.2 Å². The molecule has 2 amide bonds. The van der Waals surface area contributed by atoms with E-state index in [0.29, 0.717) is 12.1 Å². The number of likely N-dealkylation sites (tertiary alicyclic amines) is 1. The first-order valence-electron chi connectivity index (χ1n) is 7.74. The van der Waals surface area contributed by atoms with E-state index in [0.717, 1.165) is 25.5 Å². The summed E-state index contributed by atoms with van der Waals surface area (Å²) < 4.78 is 4.63. The summed E-state index contributed by atoms with van der Waals surface area (Å²) in [5, 5.41) is 2.58. The van der Waals surface area contributed by atoms with E-state index in [9.17, 15) is 14.4 Å². The van der Waals surface area contributed by atoms with Crippen molar-refractivity contribution in [3.63, 3.8) is 0 Å². The van der Waals surface area contributed by atoms with Crippen LogP contribution in [-0.4, -0.2) is 42.9 Å². The van der Waals surface area contributed by atoms with Crippen molar-refractivity contribution in [1.29, 1.82) is 0 Å². The third-order valence-electron chi connectivity index (χ3n) is 4.77. The second-order valence-electron chi connectivity index (χ2n) is 6.35. The van der Waals surface area contributed by atoms with E-state index in [-0.39, 0.29) is 11.3 Å². The molecule has 2 fully saturated rings. The van der Waals surface area contributed by atoms with E-state index < -0.39 is 18.2 Å². The normalized spacial score (nSPS) is 22.5. The van der Waals surface area contributed by atoms with E-state index in [1.54, 1.807) is 29.2 Å². The highest BCUT2D eigenvalue weighted by Crippen LogP contribution is 2.54. The lowest BCUT2D eigenvalue weighted by Crippen LogP contribution is -2.45. The summed E-state index contributed by atoms with van der Waals surface area (Å²) in [6, 6.07) is 7.74. The molecule has 1 aromatic carbocycles.